The molecule has 0 saturated heterocycles. The van der Waals surface area contributed by atoms with E-state index in [2.05, 4.69) is 46.4 Å². The molecule has 1 rings (SSSR count). The Morgan fingerprint density at radius 3 is 2.04 bits per heavy atom. The van der Waals surface area contributed by atoms with Gasteiger partial charge in [-0.15, -0.1) is 0 Å². The molecule has 25 heavy (non-hydrogen) atoms. The molecule has 1 unspecified atom stereocenters. The number of rotatable bonds is 7. The second kappa shape index (κ2) is 7.67. The van der Waals surface area contributed by atoms with Crippen molar-refractivity contribution in [3.63, 3.8) is 0 Å². The fourth-order valence-electron chi connectivity index (χ4n) is 3.23. The van der Waals surface area contributed by atoms with E-state index < -0.39 is 5.41 Å². The summed E-state index contributed by atoms with van der Waals surface area (Å²) in [5, 5.41) is 0. The van der Waals surface area contributed by atoms with Crippen LogP contribution in [-0.2, 0) is 9.53 Å². The maximum atomic E-state index is 13.0. The number of carbonyl (C=O) groups excluding carboxylic acids is 1. The molecule has 1 aromatic rings. The molecule has 0 fully saturated rings. The molecular formula is C21H36N2O2. The molecule has 1 atom stereocenters. The first-order valence-electron chi connectivity index (χ1n) is 9.10. The van der Waals surface area contributed by atoms with Crippen LogP contribution in [0.3, 0.4) is 0 Å². The highest BCUT2D eigenvalue weighted by molar-refractivity contribution is 5.78. The molecule has 0 bridgehead atoms. The first kappa shape index (κ1) is 21.3. The van der Waals surface area contributed by atoms with Crippen LogP contribution in [0, 0.1) is 16.2 Å². The van der Waals surface area contributed by atoms with Crippen LogP contribution in [0.15, 0.2) is 24.3 Å². The number of benzene rings is 1. The largest absolute Gasteiger partial charge is 0.463 e. The number of hydrogen-bond acceptors (Lipinski definition) is 4. The molecule has 142 valence electrons. The van der Waals surface area contributed by atoms with E-state index in [1.807, 2.05) is 38.2 Å². The van der Waals surface area contributed by atoms with Crippen molar-refractivity contribution in [3.8, 4) is 0 Å². The molecule has 4 heteroatoms. The Hall–Kier alpha value is -1.71. The fourth-order valence-corrected chi connectivity index (χ4v) is 3.23. The molecule has 0 saturated carbocycles. The molecule has 0 aliphatic heterocycles. The number of nitrogen functional groups attached to an aromatic ring is 1. The maximum absolute atomic E-state index is 13.0. The highest BCUT2D eigenvalue weighted by Gasteiger charge is 2.54. The zero-order valence-electron chi connectivity index (χ0n) is 17.3. The Balaban J connectivity index is 2.77. The van der Waals surface area contributed by atoms with Crippen LogP contribution in [0.5, 0.6) is 0 Å². The van der Waals surface area contributed by atoms with E-state index >= 15 is 0 Å². The van der Waals surface area contributed by atoms with Gasteiger partial charge in [0, 0.05) is 18.4 Å². The smallest absolute Gasteiger partial charge is 0.312 e. The van der Waals surface area contributed by atoms with E-state index in [0.29, 0.717) is 13.2 Å². The quantitative estimate of drug-likeness (QED) is 0.571. The van der Waals surface area contributed by atoms with Gasteiger partial charge in [-0.1, -0.05) is 41.5 Å². The lowest BCUT2D eigenvalue weighted by Gasteiger charge is -2.50. The van der Waals surface area contributed by atoms with Gasteiger partial charge in [-0.3, -0.25) is 4.79 Å². The summed E-state index contributed by atoms with van der Waals surface area (Å²) in [7, 11) is 1.98. The molecule has 1 aromatic carbocycles. The predicted molar refractivity (Wildman–Crippen MR) is 107 cm³/mol. The van der Waals surface area contributed by atoms with Crippen molar-refractivity contribution < 1.29 is 9.53 Å². The van der Waals surface area contributed by atoms with E-state index in [9.17, 15) is 4.79 Å². The number of carbonyl (C=O) groups is 1. The number of anilines is 2. The number of ether oxygens (including phenoxy) is 1. The Bertz CT molecular complexity index is 573. The van der Waals surface area contributed by atoms with Gasteiger partial charge in [-0.05, 0) is 48.4 Å². The third-order valence-electron chi connectivity index (χ3n) is 6.14. The Labute approximate surface area is 153 Å². The Morgan fingerprint density at radius 1 is 1.08 bits per heavy atom. The van der Waals surface area contributed by atoms with Gasteiger partial charge in [0.05, 0.1) is 12.0 Å². The number of nitrogens with zero attached hydrogens (tertiary/aromatic N) is 1. The molecule has 0 radical (unpaired) electrons. The summed E-state index contributed by atoms with van der Waals surface area (Å²) < 4.78 is 5.73. The van der Waals surface area contributed by atoms with Crippen molar-refractivity contribution >= 4 is 17.3 Å². The minimum atomic E-state index is -0.561. The third-order valence-corrected chi connectivity index (χ3v) is 6.14. The molecule has 0 heterocycles. The van der Waals surface area contributed by atoms with Crippen molar-refractivity contribution in [1.82, 2.24) is 0 Å². The zero-order valence-corrected chi connectivity index (χ0v) is 17.3. The van der Waals surface area contributed by atoms with Gasteiger partial charge < -0.3 is 15.4 Å². The van der Waals surface area contributed by atoms with Crippen molar-refractivity contribution in [1.29, 1.82) is 0 Å². The van der Waals surface area contributed by atoms with Crippen LogP contribution < -0.4 is 10.6 Å². The molecule has 4 nitrogen and oxygen atoms in total. The summed E-state index contributed by atoms with van der Waals surface area (Å²) in [6.07, 6.45) is 0.918. The first-order valence-corrected chi connectivity index (χ1v) is 9.10. The van der Waals surface area contributed by atoms with Gasteiger partial charge in [0.1, 0.15) is 6.61 Å². The molecule has 0 aromatic heterocycles. The topological polar surface area (TPSA) is 55.6 Å². The predicted octanol–water partition coefficient (Wildman–Crippen LogP) is 4.74. The normalized spacial score (nSPS) is 14.7. The molecule has 2 N–H and O–H groups in total. The third kappa shape index (κ3) is 4.47. The zero-order chi connectivity index (χ0) is 19.5. The summed E-state index contributed by atoms with van der Waals surface area (Å²) >= 11 is 0. The van der Waals surface area contributed by atoms with Gasteiger partial charge in [-0.2, -0.15) is 0 Å². The minimum absolute atomic E-state index is 0.113. The van der Waals surface area contributed by atoms with E-state index in [-0.39, 0.29) is 16.8 Å². The maximum Gasteiger partial charge on any atom is 0.312 e. The Kier molecular flexibility index (Phi) is 6.55. The summed E-state index contributed by atoms with van der Waals surface area (Å²) in [6.45, 7) is 15.8. The molecular weight excluding hydrogens is 312 g/mol. The van der Waals surface area contributed by atoms with Gasteiger partial charge in [0.25, 0.3) is 0 Å². The van der Waals surface area contributed by atoms with Crippen molar-refractivity contribution in [3.05, 3.63) is 24.3 Å². The van der Waals surface area contributed by atoms with Crippen LogP contribution in [-0.4, -0.2) is 26.2 Å². The summed E-state index contributed by atoms with van der Waals surface area (Å²) in [5.41, 5.74) is 6.62. The monoisotopic (exact) mass is 348 g/mol. The van der Waals surface area contributed by atoms with Crippen LogP contribution >= 0.6 is 0 Å². The second-order valence-electron chi connectivity index (χ2n) is 8.76. The van der Waals surface area contributed by atoms with Crippen molar-refractivity contribution in [2.75, 3.05) is 30.8 Å². The lowest BCUT2D eigenvalue weighted by molar-refractivity contribution is -0.174. The van der Waals surface area contributed by atoms with E-state index in [4.69, 9.17) is 10.5 Å². The molecule has 0 amide bonds. The molecule has 0 aliphatic rings. The number of esters is 1. The number of hydrogen-bond donors (Lipinski definition) is 1. The highest BCUT2D eigenvalue weighted by Crippen LogP contribution is 2.53. The van der Waals surface area contributed by atoms with Crippen molar-refractivity contribution in [2.45, 2.75) is 54.9 Å². The van der Waals surface area contributed by atoms with Gasteiger partial charge in [-0.25, -0.2) is 0 Å². The standard InChI is InChI=1S/C21H36N2O2/c1-9-20(5,6)21(7,19(2,3)4)18(24)25-15-14-23(8)17-12-10-16(22)11-13-17/h10-13H,9,14-15,22H2,1-8H3. The van der Waals surface area contributed by atoms with E-state index in [1.54, 1.807) is 0 Å². The van der Waals surface area contributed by atoms with Crippen LogP contribution in [0.25, 0.3) is 0 Å². The fraction of sp³-hybridized carbons (Fsp3) is 0.667. The summed E-state index contributed by atoms with van der Waals surface area (Å²) in [6, 6.07) is 7.68. The Morgan fingerprint density at radius 2 is 1.60 bits per heavy atom. The molecule has 0 aliphatic carbocycles. The summed E-state index contributed by atoms with van der Waals surface area (Å²) in [4.78, 5) is 15.1. The van der Waals surface area contributed by atoms with Crippen LogP contribution in [0.4, 0.5) is 11.4 Å². The van der Waals surface area contributed by atoms with Crippen LogP contribution in [0.1, 0.15) is 54.9 Å². The average Bonchev–Trinajstić information content (AvgIpc) is 2.53. The number of likely N-dealkylation sites (N-methyl/N-ethyl adjacent to an activating group) is 1. The van der Waals surface area contributed by atoms with E-state index in [0.717, 1.165) is 17.8 Å². The number of nitrogens with two attached hydrogens (primary N) is 1. The van der Waals surface area contributed by atoms with Crippen LogP contribution in [0.2, 0.25) is 0 Å². The van der Waals surface area contributed by atoms with Gasteiger partial charge in [0.2, 0.25) is 0 Å². The lowest BCUT2D eigenvalue weighted by Crippen LogP contribution is -2.52. The van der Waals surface area contributed by atoms with Crippen molar-refractivity contribution in [2.24, 2.45) is 16.2 Å². The van der Waals surface area contributed by atoms with Gasteiger partial charge >= 0.3 is 5.97 Å². The molecule has 0 spiro atoms. The van der Waals surface area contributed by atoms with Gasteiger partial charge in [0.15, 0.2) is 0 Å². The van der Waals surface area contributed by atoms with E-state index in [1.165, 1.54) is 0 Å². The summed E-state index contributed by atoms with van der Waals surface area (Å²) in [5.74, 6) is -0.113. The SMILES string of the molecule is CCC(C)(C)C(C)(C(=O)OCCN(C)c1ccc(N)cc1)C(C)(C)C. The first-order chi connectivity index (χ1) is 11.4. The highest BCUT2D eigenvalue weighted by atomic mass is 16.5. The second-order valence-corrected chi connectivity index (χ2v) is 8.76. The minimum Gasteiger partial charge on any atom is -0.463 e. The lowest BCUT2D eigenvalue weighted by atomic mass is 9.53. The average molecular weight is 349 g/mol.